The molecule has 0 aromatic rings. The Kier molecular flexibility index (Phi) is 20.3. The number of carbonyl (C=O) groups is 1. The van der Waals surface area contributed by atoms with Crippen molar-refractivity contribution in [2.45, 2.75) is 62.5 Å². The number of nitrogens with zero attached hydrogens (tertiary/aromatic N) is 2. The first kappa shape index (κ1) is 43.4. The van der Waals surface area contributed by atoms with Crippen LogP contribution in [0.15, 0.2) is 0 Å². The molecule has 0 fully saturated rings. The fraction of sp³-hybridized carbons (Fsp3) is 0.952. The second-order valence-corrected chi connectivity index (χ2v) is 17.1. The predicted molar refractivity (Wildman–Crippen MR) is 148 cm³/mol. The van der Waals surface area contributed by atoms with Crippen LogP contribution in [0.1, 0.15) is 45.4 Å². The second-order valence-electron chi connectivity index (χ2n) is 9.34. The molecule has 0 atom stereocenters. The highest BCUT2D eigenvalue weighted by Gasteiger charge is 2.47. The second kappa shape index (κ2) is 19.7. The Bertz CT molecular complexity index is 929. The van der Waals surface area contributed by atoms with Crippen LogP contribution in [0, 0.1) is 0 Å². The van der Waals surface area contributed by atoms with Gasteiger partial charge in [0.1, 0.15) is 13.2 Å². The molecule has 0 unspecified atom stereocenters. The van der Waals surface area contributed by atoms with Crippen LogP contribution in [0.4, 0.5) is 26.3 Å². The molecule has 254 valence electrons. The van der Waals surface area contributed by atoms with Crippen molar-refractivity contribution < 1.29 is 70.5 Å². The minimum Gasteiger partial charge on any atom is -0.460 e. The summed E-state index contributed by atoms with van der Waals surface area (Å²) in [5, 5.41) is 0. The highest BCUT2D eigenvalue weighted by atomic mass is 32.3. The maximum absolute atomic E-state index is 11.9. The Morgan fingerprint density at radius 3 is 1.74 bits per heavy atom. The van der Waals surface area contributed by atoms with Crippen molar-refractivity contribution in [1.82, 2.24) is 0 Å². The lowest BCUT2D eigenvalue weighted by molar-refractivity contribution is -0.890. The molecule has 0 bridgehead atoms. The highest BCUT2D eigenvalue weighted by molar-refractivity contribution is 8.13. The molecule has 0 radical (unpaired) electrons. The number of hydrogen-bond donors (Lipinski definition) is 0. The van der Waals surface area contributed by atoms with Crippen molar-refractivity contribution in [1.29, 1.82) is 0 Å². The van der Waals surface area contributed by atoms with E-state index in [1.807, 2.05) is 0 Å². The Labute approximate surface area is 250 Å². The molecule has 0 aliphatic rings. The lowest BCUT2D eigenvalue weighted by Gasteiger charge is -2.29. The van der Waals surface area contributed by atoms with Crippen molar-refractivity contribution >= 4 is 46.6 Å². The van der Waals surface area contributed by atoms with Gasteiger partial charge in [-0.3, -0.25) is 4.79 Å². The molecule has 0 aromatic carbocycles. The van der Waals surface area contributed by atoms with Gasteiger partial charge in [0.2, 0.25) is 0 Å². The number of quaternary nitrogens is 1. The third-order valence-electron chi connectivity index (χ3n) is 5.51. The number of thioether (sulfide) groups is 1. The zero-order valence-electron chi connectivity index (χ0n) is 24.5. The monoisotopic (exact) mass is 704 g/mol. The van der Waals surface area contributed by atoms with Gasteiger partial charge in [0, 0.05) is 33.1 Å². The van der Waals surface area contributed by atoms with Crippen LogP contribution in [0.5, 0.6) is 0 Å². The number of esters is 1. The quantitative estimate of drug-likeness (QED) is 0.0580. The van der Waals surface area contributed by atoms with Crippen molar-refractivity contribution in [2.24, 2.45) is 0 Å². The standard InChI is InChI=1S/C19H42NO5SSi.C2F6NO4S2/c1-7-8-9-10-13-20(2,3)14-15-25-19(21)12-17-26-16-11-18-27(22-4,23-5)24-6;3-1(4,5)14(10,11)9-15(12,13)2(6,7)8/h7-18H2,1-6H3;/q+1;-1. The summed E-state index contributed by atoms with van der Waals surface area (Å²) in [6.07, 6.45) is 6.51. The number of ether oxygens (including phenoxy) is 1. The molecule has 0 saturated heterocycles. The molecule has 0 heterocycles. The van der Waals surface area contributed by atoms with E-state index in [9.17, 15) is 48.0 Å². The topological polar surface area (TPSA) is 136 Å². The van der Waals surface area contributed by atoms with E-state index in [-0.39, 0.29) is 5.97 Å². The van der Waals surface area contributed by atoms with Gasteiger partial charge in [0.15, 0.2) is 20.0 Å². The summed E-state index contributed by atoms with van der Waals surface area (Å²) >= 11 is 1.76. The van der Waals surface area contributed by atoms with Gasteiger partial charge in [-0.05, 0) is 25.0 Å². The molecule has 0 amide bonds. The van der Waals surface area contributed by atoms with Crippen LogP contribution in [0.3, 0.4) is 0 Å². The van der Waals surface area contributed by atoms with Gasteiger partial charge in [0.05, 0.1) is 27.1 Å². The van der Waals surface area contributed by atoms with Crippen molar-refractivity contribution in [3.8, 4) is 0 Å². The zero-order chi connectivity index (χ0) is 33.3. The van der Waals surface area contributed by atoms with Crippen LogP contribution < -0.4 is 0 Å². The number of carbonyl (C=O) groups excluding carboxylic acids is 1. The van der Waals surface area contributed by atoms with E-state index in [1.165, 1.54) is 25.7 Å². The van der Waals surface area contributed by atoms with E-state index in [1.54, 1.807) is 33.1 Å². The minimum absolute atomic E-state index is 0.0946. The van der Waals surface area contributed by atoms with Gasteiger partial charge in [0.25, 0.3) is 0 Å². The molecular formula is C21H42F6N2O9S3Si. The summed E-state index contributed by atoms with van der Waals surface area (Å²) in [6.45, 7) is 4.75. The SMILES string of the molecule is CCCCCC[N+](C)(C)CCOC(=O)CCSCCC[Si](OC)(OC)OC.O=S(=O)([N-]S(=O)(=O)C(F)(F)F)C(F)(F)F. The van der Waals surface area contributed by atoms with Crippen molar-refractivity contribution in [2.75, 3.05) is 66.6 Å². The van der Waals surface area contributed by atoms with E-state index in [0.717, 1.165) is 45.7 Å². The third-order valence-corrected chi connectivity index (χ3v) is 12.2. The molecule has 0 aromatic heterocycles. The summed E-state index contributed by atoms with van der Waals surface area (Å²) in [4.78, 5) is 11.9. The van der Waals surface area contributed by atoms with Gasteiger partial charge in [-0.25, -0.2) is 16.8 Å². The molecule has 21 heteroatoms. The summed E-state index contributed by atoms with van der Waals surface area (Å²) in [7, 11) is -6.59. The number of halogens is 6. The molecule has 0 spiro atoms. The van der Waals surface area contributed by atoms with Gasteiger partial charge in [-0.15, -0.1) is 0 Å². The van der Waals surface area contributed by atoms with Crippen LogP contribution in [0.25, 0.3) is 4.13 Å². The smallest absolute Gasteiger partial charge is 0.460 e. The van der Waals surface area contributed by atoms with Gasteiger partial charge < -0.3 is 26.6 Å². The molecule has 0 rings (SSSR count). The van der Waals surface area contributed by atoms with Crippen LogP contribution in [-0.2, 0) is 42.9 Å². The number of likely N-dealkylation sites (N-methyl/N-ethyl adjacent to an activating group) is 1. The number of sulfonamides is 2. The van der Waals surface area contributed by atoms with Crippen molar-refractivity contribution in [3.05, 3.63) is 4.13 Å². The Balaban J connectivity index is 0. The molecule has 0 aliphatic heterocycles. The molecule has 11 nitrogen and oxygen atoms in total. The van der Waals surface area contributed by atoms with E-state index >= 15 is 0 Å². The third kappa shape index (κ3) is 18.2. The lowest BCUT2D eigenvalue weighted by atomic mass is 10.2. The van der Waals surface area contributed by atoms with E-state index in [0.29, 0.717) is 13.0 Å². The van der Waals surface area contributed by atoms with E-state index in [4.69, 9.17) is 18.0 Å². The van der Waals surface area contributed by atoms with Crippen LogP contribution >= 0.6 is 11.8 Å². The first-order valence-electron chi connectivity index (χ1n) is 12.6. The summed E-state index contributed by atoms with van der Waals surface area (Å²) in [5.74, 6) is 1.65. The molecule has 0 N–H and O–H groups in total. The zero-order valence-corrected chi connectivity index (χ0v) is 28.0. The number of hydrogen-bond acceptors (Lipinski definition) is 10. The normalized spacial score (nSPS) is 13.4. The number of rotatable bonds is 20. The summed E-state index contributed by atoms with van der Waals surface area (Å²) in [5.41, 5.74) is -12.4. The fourth-order valence-electron chi connectivity index (χ4n) is 2.98. The number of unbranched alkanes of at least 4 members (excludes halogenated alkanes) is 3. The van der Waals surface area contributed by atoms with E-state index in [2.05, 4.69) is 21.0 Å². The van der Waals surface area contributed by atoms with Crippen LogP contribution in [-0.4, -0.2) is 114 Å². The highest BCUT2D eigenvalue weighted by Crippen LogP contribution is 2.36. The maximum atomic E-state index is 11.9. The van der Waals surface area contributed by atoms with Gasteiger partial charge in [-0.2, -0.15) is 38.1 Å². The molecule has 0 saturated carbocycles. The average Bonchev–Trinajstić information content (AvgIpc) is 2.85. The van der Waals surface area contributed by atoms with Gasteiger partial charge in [-0.1, -0.05) is 19.8 Å². The van der Waals surface area contributed by atoms with Crippen LogP contribution in [0.2, 0.25) is 6.04 Å². The predicted octanol–water partition coefficient (Wildman–Crippen LogP) is 4.64. The average molecular weight is 705 g/mol. The molecule has 0 aliphatic carbocycles. The maximum Gasteiger partial charge on any atom is 0.500 e. The van der Waals surface area contributed by atoms with Gasteiger partial charge >= 0.3 is 25.8 Å². The van der Waals surface area contributed by atoms with Crippen molar-refractivity contribution in [3.63, 3.8) is 0 Å². The Morgan fingerprint density at radius 1 is 0.810 bits per heavy atom. The summed E-state index contributed by atoms with van der Waals surface area (Å²) < 4.78 is 132. The largest absolute Gasteiger partial charge is 0.500 e. The number of alkyl halides is 6. The Hall–Kier alpha value is -0.683. The Morgan fingerprint density at radius 2 is 1.31 bits per heavy atom. The van der Waals surface area contributed by atoms with E-state index < -0.39 is 39.9 Å². The minimum atomic E-state index is -6.72. The summed E-state index contributed by atoms with van der Waals surface area (Å²) in [6, 6.07) is 0.791. The fourth-order valence-corrected chi connectivity index (χ4v) is 7.53. The lowest BCUT2D eigenvalue weighted by Crippen LogP contribution is -2.43. The molecule has 42 heavy (non-hydrogen) atoms. The first-order valence-corrected chi connectivity index (χ1v) is 18.6. The first-order chi connectivity index (χ1) is 19.1. The molecular weight excluding hydrogens is 663 g/mol.